The number of aromatic nitrogens is 2. The number of anilines is 1. The second kappa shape index (κ2) is 7.94. The molecule has 2 rings (SSSR count). The van der Waals surface area contributed by atoms with E-state index in [2.05, 4.69) is 44.7 Å². The molecule has 4 nitrogen and oxygen atoms in total. The largest absolute Gasteiger partial charge is 0.362 e. The number of nitrogens with zero attached hydrogens (tertiary/aromatic N) is 2. The molecule has 0 saturated carbocycles. The lowest BCUT2D eigenvalue weighted by molar-refractivity contribution is 0.558. The Labute approximate surface area is 149 Å². The SMILES string of the molecule is Cc1cc(C)n(CCCNC(=S)Nc2ccc(Br)cc2Cl)n1. The van der Waals surface area contributed by atoms with Crippen LogP contribution in [0.5, 0.6) is 0 Å². The monoisotopic (exact) mass is 400 g/mol. The average molecular weight is 402 g/mol. The Balaban J connectivity index is 1.75. The first-order chi connectivity index (χ1) is 10.5. The summed E-state index contributed by atoms with van der Waals surface area (Å²) in [6.45, 7) is 5.71. The van der Waals surface area contributed by atoms with Crippen LogP contribution in [0.4, 0.5) is 5.69 Å². The molecule has 0 bridgehead atoms. The topological polar surface area (TPSA) is 41.9 Å². The summed E-state index contributed by atoms with van der Waals surface area (Å²) in [5, 5.41) is 11.9. The molecule has 0 fully saturated rings. The van der Waals surface area contributed by atoms with Crippen LogP contribution in [0.2, 0.25) is 5.02 Å². The molecule has 2 N–H and O–H groups in total. The van der Waals surface area contributed by atoms with Gasteiger partial charge in [-0.25, -0.2) is 0 Å². The smallest absolute Gasteiger partial charge is 0.170 e. The number of hydrogen-bond donors (Lipinski definition) is 2. The Morgan fingerprint density at radius 1 is 1.36 bits per heavy atom. The highest BCUT2D eigenvalue weighted by Crippen LogP contribution is 2.25. The van der Waals surface area contributed by atoms with E-state index in [0.29, 0.717) is 10.1 Å². The van der Waals surface area contributed by atoms with E-state index in [4.69, 9.17) is 23.8 Å². The van der Waals surface area contributed by atoms with Crippen molar-refractivity contribution in [3.05, 3.63) is 45.1 Å². The molecule has 0 spiro atoms. The molecule has 0 aliphatic heterocycles. The quantitative estimate of drug-likeness (QED) is 0.579. The lowest BCUT2D eigenvalue weighted by atomic mass is 10.3. The molecular weight excluding hydrogens is 384 g/mol. The second-order valence-corrected chi connectivity index (χ2v) is 6.74. The van der Waals surface area contributed by atoms with Gasteiger partial charge in [-0.2, -0.15) is 5.10 Å². The van der Waals surface area contributed by atoms with E-state index < -0.39 is 0 Å². The molecule has 118 valence electrons. The molecule has 0 unspecified atom stereocenters. The van der Waals surface area contributed by atoms with E-state index >= 15 is 0 Å². The maximum atomic E-state index is 6.14. The van der Waals surface area contributed by atoms with Gasteiger partial charge in [0.05, 0.1) is 16.4 Å². The third-order valence-corrected chi connectivity index (χ3v) is 4.17. The standard InChI is InChI=1S/C15H18BrClN4S/c1-10-8-11(2)21(20-10)7-3-6-18-15(22)19-14-5-4-12(16)9-13(14)17/h4-5,8-9H,3,6-7H2,1-2H3,(H2,18,19,22). The van der Waals surface area contributed by atoms with E-state index in [1.165, 1.54) is 5.69 Å². The fourth-order valence-electron chi connectivity index (χ4n) is 2.09. The summed E-state index contributed by atoms with van der Waals surface area (Å²) in [7, 11) is 0. The zero-order valence-electron chi connectivity index (χ0n) is 12.5. The van der Waals surface area contributed by atoms with Crippen molar-refractivity contribution in [1.29, 1.82) is 0 Å². The van der Waals surface area contributed by atoms with Gasteiger partial charge in [-0.3, -0.25) is 4.68 Å². The minimum atomic E-state index is 0.567. The highest BCUT2D eigenvalue weighted by atomic mass is 79.9. The van der Waals surface area contributed by atoms with Gasteiger partial charge in [-0.15, -0.1) is 0 Å². The van der Waals surface area contributed by atoms with Gasteiger partial charge < -0.3 is 10.6 Å². The van der Waals surface area contributed by atoms with E-state index in [9.17, 15) is 0 Å². The van der Waals surface area contributed by atoms with Crippen LogP contribution in [0.1, 0.15) is 17.8 Å². The van der Waals surface area contributed by atoms with Crippen LogP contribution in [0.15, 0.2) is 28.7 Å². The van der Waals surface area contributed by atoms with Crippen LogP contribution in [-0.4, -0.2) is 21.4 Å². The summed E-state index contributed by atoms with van der Waals surface area (Å²) in [4.78, 5) is 0. The van der Waals surface area contributed by atoms with Gasteiger partial charge in [0, 0.05) is 23.3 Å². The van der Waals surface area contributed by atoms with Gasteiger partial charge in [0.25, 0.3) is 0 Å². The van der Waals surface area contributed by atoms with Crippen molar-refractivity contribution < 1.29 is 0 Å². The zero-order valence-corrected chi connectivity index (χ0v) is 15.6. The predicted octanol–water partition coefficient (Wildman–Crippen LogP) is 4.29. The average Bonchev–Trinajstić information content (AvgIpc) is 2.76. The van der Waals surface area contributed by atoms with Gasteiger partial charge in [0.2, 0.25) is 0 Å². The van der Waals surface area contributed by atoms with Crippen molar-refractivity contribution in [3.63, 3.8) is 0 Å². The normalized spacial score (nSPS) is 10.5. The van der Waals surface area contributed by atoms with Crippen molar-refractivity contribution in [2.75, 3.05) is 11.9 Å². The van der Waals surface area contributed by atoms with Gasteiger partial charge in [-0.05, 0) is 56.8 Å². The molecule has 0 amide bonds. The van der Waals surface area contributed by atoms with E-state index in [1.807, 2.05) is 29.8 Å². The summed E-state index contributed by atoms with van der Waals surface area (Å²) >= 11 is 14.8. The fourth-order valence-corrected chi connectivity index (χ4v) is 3.02. The lowest BCUT2D eigenvalue weighted by Gasteiger charge is -2.12. The molecule has 0 aliphatic carbocycles. The maximum Gasteiger partial charge on any atom is 0.170 e. The maximum absolute atomic E-state index is 6.14. The summed E-state index contributed by atoms with van der Waals surface area (Å²) in [5.41, 5.74) is 3.02. The predicted molar refractivity (Wildman–Crippen MR) is 99.7 cm³/mol. The van der Waals surface area contributed by atoms with Crippen molar-refractivity contribution >= 4 is 50.5 Å². The lowest BCUT2D eigenvalue weighted by Crippen LogP contribution is -2.30. The number of nitrogens with one attached hydrogen (secondary N) is 2. The zero-order chi connectivity index (χ0) is 16.1. The summed E-state index contributed by atoms with van der Waals surface area (Å²) in [6, 6.07) is 7.71. The van der Waals surface area contributed by atoms with Crippen LogP contribution >= 0.6 is 39.7 Å². The van der Waals surface area contributed by atoms with Gasteiger partial charge in [-0.1, -0.05) is 27.5 Å². The van der Waals surface area contributed by atoms with Crippen LogP contribution < -0.4 is 10.6 Å². The number of hydrogen-bond acceptors (Lipinski definition) is 2. The molecule has 1 heterocycles. The molecule has 2 aromatic rings. The molecule has 0 aliphatic rings. The van der Waals surface area contributed by atoms with Gasteiger partial charge in [0.15, 0.2) is 5.11 Å². The second-order valence-electron chi connectivity index (χ2n) is 5.01. The Morgan fingerprint density at radius 2 is 2.14 bits per heavy atom. The fraction of sp³-hybridized carbons (Fsp3) is 0.333. The number of benzene rings is 1. The number of aryl methyl sites for hydroxylation is 3. The van der Waals surface area contributed by atoms with Crippen molar-refractivity contribution in [3.8, 4) is 0 Å². The highest BCUT2D eigenvalue weighted by Gasteiger charge is 2.04. The Hall–Kier alpha value is -1.11. The third-order valence-electron chi connectivity index (χ3n) is 3.11. The minimum Gasteiger partial charge on any atom is -0.362 e. The van der Waals surface area contributed by atoms with E-state index in [-0.39, 0.29) is 0 Å². The van der Waals surface area contributed by atoms with Crippen molar-refractivity contribution in [1.82, 2.24) is 15.1 Å². The van der Waals surface area contributed by atoms with Crippen LogP contribution in [0.25, 0.3) is 0 Å². The first-order valence-electron chi connectivity index (χ1n) is 6.96. The molecule has 1 aromatic heterocycles. The number of halogens is 2. The Morgan fingerprint density at radius 3 is 2.77 bits per heavy atom. The Kier molecular flexibility index (Phi) is 6.23. The van der Waals surface area contributed by atoms with Gasteiger partial charge in [0.1, 0.15) is 0 Å². The van der Waals surface area contributed by atoms with Crippen LogP contribution in [0.3, 0.4) is 0 Å². The molecule has 0 saturated heterocycles. The summed E-state index contributed by atoms with van der Waals surface area (Å²) in [6.07, 6.45) is 0.942. The minimum absolute atomic E-state index is 0.567. The first kappa shape index (κ1) is 17.2. The third kappa shape index (κ3) is 4.97. The molecule has 0 radical (unpaired) electrons. The Bertz CT molecular complexity index is 672. The molecule has 0 atom stereocenters. The van der Waals surface area contributed by atoms with Crippen molar-refractivity contribution in [2.24, 2.45) is 0 Å². The molecule has 7 heteroatoms. The summed E-state index contributed by atoms with van der Waals surface area (Å²) < 4.78 is 2.95. The summed E-state index contributed by atoms with van der Waals surface area (Å²) in [5.74, 6) is 0. The number of thiocarbonyl (C=S) groups is 1. The van der Waals surface area contributed by atoms with E-state index in [0.717, 1.165) is 35.4 Å². The van der Waals surface area contributed by atoms with Crippen molar-refractivity contribution in [2.45, 2.75) is 26.8 Å². The molecule has 22 heavy (non-hydrogen) atoms. The molecular formula is C15H18BrClN4S. The first-order valence-corrected chi connectivity index (χ1v) is 8.54. The number of rotatable bonds is 5. The van der Waals surface area contributed by atoms with E-state index in [1.54, 1.807) is 0 Å². The van der Waals surface area contributed by atoms with Gasteiger partial charge >= 0.3 is 0 Å². The van der Waals surface area contributed by atoms with Crippen LogP contribution in [0, 0.1) is 13.8 Å². The van der Waals surface area contributed by atoms with Crippen LogP contribution in [-0.2, 0) is 6.54 Å². The highest BCUT2D eigenvalue weighted by molar-refractivity contribution is 9.10. The molecule has 1 aromatic carbocycles.